The maximum atomic E-state index is 13.6. The van der Waals surface area contributed by atoms with E-state index >= 15 is 0 Å². The Labute approximate surface area is 205 Å². The van der Waals surface area contributed by atoms with E-state index in [1.165, 1.54) is 6.20 Å². The molecule has 4 rings (SSSR count). The lowest BCUT2D eigenvalue weighted by molar-refractivity contribution is -0.158. The second-order valence-corrected chi connectivity index (χ2v) is 10.7. The Morgan fingerprint density at radius 3 is 2.60 bits per heavy atom. The van der Waals surface area contributed by atoms with E-state index in [1.807, 2.05) is 13.8 Å². The van der Waals surface area contributed by atoms with Crippen LogP contribution in [0.3, 0.4) is 0 Å². The maximum absolute atomic E-state index is 13.6. The maximum Gasteiger partial charge on any atom is 0.435 e. The Hall–Kier alpha value is -2.82. The Balaban J connectivity index is 1.61. The monoisotopic (exact) mass is 486 g/mol. The number of nitrogens with zero attached hydrogens (tertiary/aromatic N) is 3. The molecule has 1 saturated heterocycles. The summed E-state index contributed by atoms with van der Waals surface area (Å²) in [6, 6.07) is 1.55. The lowest BCUT2D eigenvalue weighted by Gasteiger charge is -2.24. The van der Waals surface area contributed by atoms with E-state index in [0.717, 1.165) is 4.68 Å². The van der Waals surface area contributed by atoms with Crippen LogP contribution in [0.25, 0.3) is 0 Å². The molecule has 0 radical (unpaired) electrons. The molecule has 2 N–H and O–H groups in total. The highest BCUT2D eigenvalue weighted by Crippen LogP contribution is 2.42. The number of pyridine rings is 1. The Morgan fingerprint density at radius 1 is 1.26 bits per heavy atom. The fourth-order valence-electron chi connectivity index (χ4n) is 4.71. The topological polar surface area (TPSA) is 125 Å². The minimum atomic E-state index is -0.747. The highest BCUT2D eigenvalue weighted by atomic mass is 16.8. The summed E-state index contributed by atoms with van der Waals surface area (Å²) < 4.78 is 18.7. The quantitative estimate of drug-likeness (QED) is 0.613. The number of rotatable bonds is 5. The molecule has 2 fully saturated rings. The van der Waals surface area contributed by atoms with Crippen molar-refractivity contribution in [3.05, 3.63) is 41.0 Å². The third kappa shape index (κ3) is 4.96. The zero-order valence-corrected chi connectivity index (χ0v) is 21.3. The molecule has 1 saturated carbocycles. The van der Waals surface area contributed by atoms with E-state index in [1.54, 1.807) is 46.9 Å². The van der Waals surface area contributed by atoms with Gasteiger partial charge in [-0.2, -0.15) is 9.78 Å². The zero-order valence-electron chi connectivity index (χ0n) is 21.3. The molecule has 2 aromatic heterocycles. The summed E-state index contributed by atoms with van der Waals surface area (Å²) in [6.45, 7) is 12.5. The number of aliphatic hydroxyl groups is 1. The molecule has 0 amide bonds. The molecular formula is C25H34N4O6. The number of nitrogens with one attached hydrogen (secondary N) is 1. The van der Waals surface area contributed by atoms with Crippen molar-refractivity contribution in [2.45, 2.75) is 84.5 Å². The van der Waals surface area contributed by atoms with Crippen LogP contribution >= 0.6 is 0 Å². The molecule has 2 aliphatic rings. The number of fused-ring (bicyclic) bond motifs is 1. The molecule has 0 bridgehead atoms. The number of carbonyl (C=O) groups excluding carboxylic acids is 2. The molecule has 4 atom stereocenters. The van der Waals surface area contributed by atoms with Crippen LogP contribution in [0.15, 0.2) is 18.5 Å². The van der Waals surface area contributed by atoms with E-state index in [9.17, 15) is 14.7 Å². The van der Waals surface area contributed by atoms with Crippen molar-refractivity contribution in [2.75, 3.05) is 11.9 Å². The van der Waals surface area contributed by atoms with Gasteiger partial charge in [0, 0.05) is 36.2 Å². The molecule has 0 aromatic carbocycles. The summed E-state index contributed by atoms with van der Waals surface area (Å²) in [5.74, 6) is -1.18. The Bertz CT molecular complexity index is 1140. The van der Waals surface area contributed by atoms with Crippen LogP contribution in [0, 0.1) is 19.8 Å². The molecule has 2 aromatic rings. The summed E-state index contributed by atoms with van der Waals surface area (Å²) in [4.78, 5) is 30.3. The number of anilines is 1. The predicted octanol–water partition coefficient (Wildman–Crippen LogP) is 3.22. The molecule has 10 nitrogen and oxygen atoms in total. The zero-order chi connectivity index (χ0) is 25.7. The summed E-state index contributed by atoms with van der Waals surface area (Å²) in [6.07, 6.45) is 2.56. The first kappa shape index (κ1) is 25.3. The number of ether oxygens (including phenoxy) is 3. The number of hydrogen-bond donors (Lipinski definition) is 2. The number of ketones is 1. The van der Waals surface area contributed by atoms with Gasteiger partial charge in [-0.25, -0.2) is 4.79 Å². The van der Waals surface area contributed by atoms with Gasteiger partial charge in [-0.1, -0.05) is 0 Å². The van der Waals surface area contributed by atoms with Crippen LogP contribution in [0.5, 0.6) is 0 Å². The van der Waals surface area contributed by atoms with Crippen LogP contribution in [-0.2, 0) is 14.2 Å². The standard InChI is InChI=1S/C25H34N4O6/c1-13-14(2)29(23(32)35-24(3,4)5)28-19(13)20(31)16-11-26-9-8-17(16)27-18-10-15(12-30)21-22(18)34-25(6,7)33-21/h8-9,11,15,18,21-22,30H,10,12H2,1-7H3,(H,26,27)/t15-,18-,21-,22+/m1/s1. The fourth-order valence-corrected chi connectivity index (χ4v) is 4.71. The van der Waals surface area contributed by atoms with Crippen LogP contribution in [0.1, 0.15) is 68.3 Å². The van der Waals surface area contributed by atoms with E-state index < -0.39 is 17.5 Å². The van der Waals surface area contributed by atoms with Gasteiger partial charge in [-0.15, -0.1) is 0 Å². The second kappa shape index (κ2) is 9.00. The average Bonchev–Trinajstić information content (AvgIpc) is 3.36. The normalized spacial score (nSPS) is 25.4. The molecule has 0 spiro atoms. The van der Waals surface area contributed by atoms with Gasteiger partial charge in [0.1, 0.15) is 17.4 Å². The molecule has 10 heteroatoms. The number of hydrogen-bond acceptors (Lipinski definition) is 9. The summed E-state index contributed by atoms with van der Waals surface area (Å²) in [5.41, 5.74) is 1.48. The summed E-state index contributed by atoms with van der Waals surface area (Å²) in [7, 11) is 0. The van der Waals surface area contributed by atoms with Crippen molar-refractivity contribution in [2.24, 2.45) is 5.92 Å². The van der Waals surface area contributed by atoms with Gasteiger partial charge in [0.15, 0.2) is 5.79 Å². The van der Waals surface area contributed by atoms with Crippen molar-refractivity contribution >= 4 is 17.6 Å². The SMILES string of the molecule is Cc1c(C(=O)c2cnccc2N[C@@H]2C[C@H](CO)[C@H]3OC(C)(C)O[C@H]32)nn(C(=O)OC(C)(C)C)c1C. The lowest BCUT2D eigenvalue weighted by atomic mass is 10.0. The van der Waals surface area contributed by atoms with Crippen LogP contribution in [0.4, 0.5) is 10.5 Å². The first-order chi connectivity index (χ1) is 16.3. The third-order valence-corrected chi connectivity index (χ3v) is 6.42. The molecule has 35 heavy (non-hydrogen) atoms. The van der Waals surface area contributed by atoms with Crippen LogP contribution in [0.2, 0.25) is 0 Å². The van der Waals surface area contributed by atoms with Gasteiger partial charge >= 0.3 is 6.09 Å². The van der Waals surface area contributed by atoms with E-state index in [0.29, 0.717) is 28.9 Å². The highest BCUT2D eigenvalue weighted by Gasteiger charge is 2.53. The van der Waals surface area contributed by atoms with Gasteiger partial charge in [-0.3, -0.25) is 9.78 Å². The molecule has 0 unspecified atom stereocenters. The summed E-state index contributed by atoms with van der Waals surface area (Å²) in [5, 5.41) is 17.6. The van der Waals surface area contributed by atoms with Crippen molar-refractivity contribution in [3.8, 4) is 0 Å². The first-order valence-corrected chi connectivity index (χ1v) is 11.8. The van der Waals surface area contributed by atoms with Crippen LogP contribution < -0.4 is 5.32 Å². The van der Waals surface area contributed by atoms with Crippen molar-refractivity contribution in [3.63, 3.8) is 0 Å². The highest BCUT2D eigenvalue weighted by molar-refractivity contribution is 6.12. The second-order valence-electron chi connectivity index (χ2n) is 10.7. The smallest absolute Gasteiger partial charge is 0.435 e. The minimum absolute atomic E-state index is 0.0124. The molecule has 3 heterocycles. The largest absolute Gasteiger partial charge is 0.442 e. The first-order valence-electron chi connectivity index (χ1n) is 11.8. The van der Waals surface area contributed by atoms with Gasteiger partial charge < -0.3 is 24.6 Å². The van der Waals surface area contributed by atoms with Crippen molar-refractivity contribution in [1.82, 2.24) is 14.8 Å². The van der Waals surface area contributed by atoms with Crippen molar-refractivity contribution in [1.29, 1.82) is 0 Å². The molecular weight excluding hydrogens is 452 g/mol. The number of carbonyl (C=O) groups is 2. The molecule has 1 aliphatic heterocycles. The third-order valence-electron chi connectivity index (χ3n) is 6.42. The van der Waals surface area contributed by atoms with Gasteiger partial charge in [-0.05, 0) is 61.0 Å². The van der Waals surface area contributed by atoms with Gasteiger partial charge in [0.25, 0.3) is 0 Å². The van der Waals surface area contributed by atoms with Gasteiger partial charge in [0.05, 0.1) is 23.4 Å². The van der Waals surface area contributed by atoms with E-state index in [4.69, 9.17) is 14.2 Å². The fraction of sp³-hybridized carbons (Fsp3) is 0.600. The lowest BCUT2D eigenvalue weighted by Crippen LogP contribution is -2.34. The van der Waals surface area contributed by atoms with E-state index in [-0.39, 0.29) is 42.3 Å². The number of aliphatic hydroxyl groups excluding tert-OH is 1. The van der Waals surface area contributed by atoms with E-state index in [2.05, 4.69) is 15.4 Å². The van der Waals surface area contributed by atoms with Crippen LogP contribution in [-0.4, -0.2) is 68.0 Å². The predicted molar refractivity (Wildman–Crippen MR) is 127 cm³/mol. The average molecular weight is 487 g/mol. The molecule has 1 aliphatic carbocycles. The van der Waals surface area contributed by atoms with Gasteiger partial charge in [0.2, 0.25) is 5.78 Å². The molecule has 190 valence electrons. The number of aromatic nitrogens is 3. The van der Waals surface area contributed by atoms with Crippen molar-refractivity contribution < 1.29 is 28.9 Å². The Morgan fingerprint density at radius 2 is 1.94 bits per heavy atom. The summed E-state index contributed by atoms with van der Waals surface area (Å²) >= 11 is 0. The Kier molecular flexibility index (Phi) is 6.50. The minimum Gasteiger partial charge on any atom is -0.442 e.